The first-order valence-corrected chi connectivity index (χ1v) is 9.97. The average Bonchev–Trinajstić information content (AvgIpc) is 2.64. The van der Waals surface area contributed by atoms with E-state index in [1.165, 1.54) is 12.1 Å². The van der Waals surface area contributed by atoms with Gasteiger partial charge in [0.15, 0.2) is 5.96 Å². The van der Waals surface area contributed by atoms with Gasteiger partial charge in [-0.3, -0.25) is 9.98 Å². The van der Waals surface area contributed by atoms with E-state index < -0.39 is 10.0 Å². The van der Waals surface area contributed by atoms with Gasteiger partial charge in [0.25, 0.3) is 0 Å². The maximum atomic E-state index is 12.2. The van der Waals surface area contributed by atoms with Crippen LogP contribution in [0.3, 0.4) is 0 Å². The number of hydrogen-bond donors (Lipinski definition) is 3. The second-order valence-electron chi connectivity index (χ2n) is 5.35. The zero-order valence-corrected chi connectivity index (χ0v) is 18.8. The van der Waals surface area contributed by atoms with Gasteiger partial charge in [0.2, 0.25) is 10.0 Å². The topological polar surface area (TPSA) is 95.5 Å². The number of nitrogens with one attached hydrogen (secondary N) is 3. The van der Waals surface area contributed by atoms with Crippen LogP contribution < -0.4 is 15.4 Å². The molecule has 1 aromatic carbocycles. The predicted molar refractivity (Wildman–Crippen MR) is 119 cm³/mol. The summed E-state index contributed by atoms with van der Waals surface area (Å²) >= 11 is 5.83. The van der Waals surface area contributed by atoms with Crippen LogP contribution in [0.5, 0.6) is 0 Å². The van der Waals surface area contributed by atoms with Gasteiger partial charge in [0.1, 0.15) is 0 Å². The summed E-state index contributed by atoms with van der Waals surface area (Å²) in [5.41, 5.74) is 0.990. The van der Waals surface area contributed by atoms with Crippen LogP contribution in [0.25, 0.3) is 0 Å². The minimum absolute atomic E-state index is 0. The molecule has 7 nitrogen and oxygen atoms in total. The second-order valence-corrected chi connectivity index (χ2v) is 7.56. The van der Waals surface area contributed by atoms with E-state index >= 15 is 0 Å². The van der Waals surface area contributed by atoms with Crippen molar-refractivity contribution in [3.05, 3.63) is 59.4 Å². The molecule has 0 bridgehead atoms. The van der Waals surface area contributed by atoms with Gasteiger partial charge in [0.05, 0.1) is 4.90 Å². The summed E-state index contributed by atoms with van der Waals surface area (Å²) in [5, 5.41) is 6.59. The molecule has 10 heteroatoms. The molecule has 1 aromatic heterocycles. The molecule has 1 heterocycles. The van der Waals surface area contributed by atoms with Crippen LogP contribution in [0.4, 0.5) is 0 Å². The fourth-order valence-electron chi connectivity index (χ4n) is 2.16. The second kappa shape index (κ2) is 12.1. The van der Waals surface area contributed by atoms with Crippen molar-refractivity contribution in [3.63, 3.8) is 0 Å². The monoisotopic (exact) mass is 523 g/mol. The molecule has 27 heavy (non-hydrogen) atoms. The number of halogens is 2. The molecule has 0 aliphatic heterocycles. The van der Waals surface area contributed by atoms with Gasteiger partial charge in [-0.2, -0.15) is 0 Å². The van der Waals surface area contributed by atoms with E-state index in [-0.39, 0.29) is 35.4 Å². The van der Waals surface area contributed by atoms with Crippen molar-refractivity contribution in [2.45, 2.75) is 11.3 Å². The lowest BCUT2D eigenvalue weighted by molar-refractivity contribution is 0.580. The van der Waals surface area contributed by atoms with Crippen molar-refractivity contribution in [1.29, 1.82) is 0 Å². The van der Waals surface area contributed by atoms with Crippen LogP contribution >= 0.6 is 35.6 Å². The molecule has 0 saturated carbocycles. The number of hydrogen-bond acceptors (Lipinski definition) is 4. The van der Waals surface area contributed by atoms with Gasteiger partial charge in [-0.25, -0.2) is 13.1 Å². The summed E-state index contributed by atoms with van der Waals surface area (Å²) in [5.74, 6) is 0.600. The fourth-order valence-corrected chi connectivity index (χ4v) is 3.49. The Morgan fingerprint density at radius 3 is 2.56 bits per heavy atom. The van der Waals surface area contributed by atoms with Gasteiger partial charge in [-0.05, 0) is 30.3 Å². The summed E-state index contributed by atoms with van der Waals surface area (Å²) in [6.07, 6.45) is 2.53. The number of aromatic nitrogens is 1. The molecule has 0 amide bonds. The van der Waals surface area contributed by atoms with E-state index in [0.717, 1.165) is 12.1 Å². The molecule has 3 N–H and O–H groups in total. The first-order valence-electron chi connectivity index (χ1n) is 8.11. The van der Waals surface area contributed by atoms with Gasteiger partial charge in [-0.1, -0.05) is 23.7 Å². The highest BCUT2D eigenvalue weighted by atomic mass is 127. The zero-order valence-electron chi connectivity index (χ0n) is 14.9. The van der Waals surface area contributed by atoms with Crippen molar-refractivity contribution < 1.29 is 8.42 Å². The maximum absolute atomic E-state index is 12.2. The van der Waals surface area contributed by atoms with Crippen molar-refractivity contribution in [2.24, 2.45) is 4.99 Å². The number of sulfonamides is 1. The number of nitrogens with zero attached hydrogens (tertiary/aromatic N) is 2. The molecular formula is C17H23ClIN5O2S. The molecule has 0 saturated heterocycles. The lowest BCUT2D eigenvalue weighted by atomic mass is 10.3. The van der Waals surface area contributed by atoms with Crippen LogP contribution in [0.15, 0.2) is 58.5 Å². The molecule has 148 valence electrons. The van der Waals surface area contributed by atoms with Gasteiger partial charge >= 0.3 is 0 Å². The highest BCUT2D eigenvalue weighted by molar-refractivity contribution is 14.0. The van der Waals surface area contributed by atoms with Crippen LogP contribution in [0.2, 0.25) is 5.02 Å². The third kappa shape index (κ3) is 8.41. The smallest absolute Gasteiger partial charge is 0.240 e. The Morgan fingerprint density at radius 2 is 1.89 bits per heavy atom. The summed E-state index contributed by atoms with van der Waals surface area (Å²) in [6, 6.07) is 11.9. The molecule has 2 aromatic rings. The minimum atomic E-state index is -3.58. The van der Waals surface area contributed by atoms with Crippen LogP contribution in [-0.4, -0.2) is 46.0 Å². The number of benzene rings is 1. The van der Waals surface area contributed by atoms with Crippen LogP contribution in [-0.2, 0) is 16.4 Å². The SMILES string of the molecule is CN=C(NCCNS(=O)(=O)c1cccc(Cl)c1)NCCc1ccccn1.I. The Morgan fingerprint density at radius 1 is 1.11 bits per heavy atom. The highest BCUT2D eigenvalue weighted by Gasteiger charge is 2.13. The normalized spacial score (nSPS) is 11.6. The minimum Gasteiger partial charge on any atom is -0.356 e. The molecule has 2 rings (SSSR count). The van der Waals surface area contributed by atoms with E-state index in [4.69, 9.17) is 11.6 Å². The molecule has 0 atom stereocenters. The van der Waals surface area contributed by atoms with E-state index in [0.29, 0.717) is 24.1 Å². The van der Waals surface area contributed by atoms with E-state index in [1.54, 1.807) is 25.4 Å². The van der Waals surface area contributed by atoms with Gasteiger partial charge in [0, 0.05) is 50.0 Å². The fraction of sp³-hybridized carbons (Fsp3) is 0.294. The Labute approximate surface area is 182 Å². The van der Waals surface area contributed by atoms with Crippen LogP contribution in [0.1, 0.15) is 5.69 Å². The Balaban J connectivity index is 0.00000364. The van der Waals surface area contributed by atoms with Crippen molar-refractivity contribution in [3.8, 4) is 0 Å². The molecule has 0 unspecified atom stereocenters. The Kier molecular flexibility index (Phi) is 10.6. The molecular weight excluding hydrogens is 501 g/mol. The number of aliphatic imine (C=N–C) groups is 1. The van der Waals surface area contributed by atoms with Crippen LogP contribution in [0, 0.1) is 0 Å². The lowest BCUT2D eigenvalue weighted by Gasteiger charge is -2.12. The third-order valence-corrected chi connectivity index (χ3v) is 5.13. The average molecular weight is 524 g/mol. The predicted octanol–water partition coefficient (Wildman–Crippen LogP) is 2.04. The molecule has 0 fully saturated rings. The summed E-state index contributed by atoms with van der Waals surface area (Å²) in [7, 11) is -1.92. The van der Waals surface area contributed by atoms with E-state index in [2.05, 4.69) is 25.3 Å². The Hall–Kier alpha value is -1.43. The zero-order chi connectivity index (χ0) is 18.8. The molecule has 0 spiro atoms. The van der Waals surface area contributed by atoms with Crippen molar-refractivity contribution in [2.75, 3.05) is 26.7 Å². The number of guanidine groups is 1. The quantitative estimate of drug-likeness (QED) is 0.213. The number of pyridine rings is 1. The summed E-state index contributed by atoms with van der Waals surface area (Å²) in [6.45, 7) is 1.28. The standard InChI is InChI=1S/C17H22ClN5O2S.HI/c1-19-17(21-10-8-15-6-2-3-9-20-15)22-11-12-23-26(24,25)16-7-4-5-14(18)13-16;/h2-7,9,13,23H,8,10-12H2,1H3,(H2,19,21,22);1H. The van der Waals surface area contributed by atoms with E-state index in [9.17, 15) is 8.42 Å². The maximum Gasteiger partial charge on any atom is 0.240 e. The number of rotatable bonds is 8. The molecule has 0 aliphatic carbocycles. The van der Waals surface area contributed by atoms with Gasteiger partial charge < -0.3 is 10.6 Å². The largest absolute Gasteiger partial charge is 0.356 e. The Bertz CT molecular complexity index is 834. The summed E-state index contributed by atoms with van der Waals surface area (Å²) < 4.78 is 26.9. The van der Waals surface area contributed by atoms with Crippen molar-refractivity contribution in [1.82, 2.24) is 20.3 Å². The van der Waals surface area contributed by atoms with Gasteiger partial charge in [-0.15, -0.1) is 24.0 Å². The first-order chi connectivity index (χ1) is 12.5. The molecule has 0 radical (unpaired) electrons. The molecule has 0 aliphatic rings. The third-order valence-electron chi connectivity index (χ3n) is 3.44. The first kappa shape index (κ1) is 23.6. The van der Waals surface area contributed by atoms with Crippen molar-refractivity contribution >= 4 is 51.6 Å². The van der Waals surface area contributed by atoms with E-state index in [1.807, 2.05) is 18.2 Å². The highest BCUT2D eigenvalue weighted by Crippen LogP contribution is 2.14. The summed E-state index contributed by atoms with van der Waals surface area (Å²) in [4.78, 5) is 8.50. The lowest BCUT2D eigenvalue weighted by Crippen LogP contribution is -2.42.